The first kappa shape index (κ1) is 14.5. The molecule has 5 heteroatoms. The van der Waals surface area contributed by atoms with Crippen molar-refractivity contribution in [2.24, 2.45) is 0 Å². The Labute approximate surface area is 107 Å². The predicted octanol–water partition coefficient (Wildman–Crippen LogP) is 0.856. The molecule has 1 aromatic rings. The van der Waals surface area contributed by atoms with Crippen LogP contribution in [0.3, 0.4) is 0 Å². The summed E-state index contributed by atoms with van der Waals surface area (Å²) < 4.78 is 5.03. The van der Waals surface area contributed by atoms with Crippen LogP contribution in [0.1, 0.15) is 17.3 Å². The SMILES string of the molecule is COCC(C)Nc1ccc(C(=O)NCCO)cc1. The summed E-state index contributed by atoms with van der Waals surface area (Å²) in [5.41, 5.74) is 1.52. The van der Waals surface area contributed by atoms with Crippen molar-refractivity contribution in [3.63, 3.8) is 0 Å². The second-order valence-electron chi connectivity index (χ2n) is 4.06. The normalized spacial score (nSPS) is 11.9. The van der Waals surface area contributed by atoms with Crippen molar-refractivity contribution in [2.45, 2.75) is 13.0 Å². The number of carbonyl (C=O) groups excluding carboxylic acids is 1. The quantitative estimate of drug-likeness (QED) is 0.673. The Morgan fingerprint density at radius 1 is 1.39 bits per heavy atom. The number of rotatable bonds is 7. The van der Waals surface area contributed by atoms with E-state index in [1.165, 1.54) is 0 Å². The number of aliphatic hydroxyl groups is 1. The van der Waals surface area contributed by atoms with Crippen molar-refractivity contribution in [2.75, 3.05) is 32.2 Å². The van der Waals surface area contributed by atoms with E-state index in [1.54, 1.807) is 19.2 Å². The zero-order chi connectivity index (χ0) is 13.4. The van der Waals surface area contributed by atoms with E-state index in [0.29, 0.717) is 12.2 Å². The average molecular weight is 252 g/mol. The maximum atomic E-state index is 11.6. The zero-order valence-electron chi connectivity index (χ0n) is 10.8. The smallest absolute Gasteiger partial charge is 0.251 e. The summed E-state index contributed by atoms with van der Waals surface area (Å²) in [7, 11) is 1.66. The maximum absolute atomic E-state index is 11.6. The molecule has 5 nitrogen and oxygen atoms in total. The molecule has 0 aliphatic carbocycles. The molecular formula is C13H20N2O3. The maximum Gasteiger partial charge on any atom is 0.251 e. The Morgan fingerprint density at radius 2 is 2.06 bits per heavy atom. The molecule has 100 valence electrons. The molecule has 0 saturated heterocycles. The van der Waals surface area contributed by atoms with Gasteiger partial charge in [0.1, 0.15) is 0 Å². The monoisotopic (exact) mass is 252 g/mol. The van der Waals surface area contributed by atoms with Crippen molar-refractivity contribution >= 4 is 11.6 Å². The van der Waals surface area contributed by atoms with Crippen LogP contribution in [0.5, 0.6) is 0 Å². The fourth-order valence-corrected chi connectivity index (χ4v) is 1.57. The van der Waals surface area contributed by atoms with Gasteiger partial charge in [-0.05, 0) is 31.2 Å². The van der Waals surface area contributed by atoms with E-state index in [4.69, 9.17) is 9.84 Å². The van der Waals surface area contributed by atoms with Gasteiger partial charge in [0.2, 0.25) is 0 Å². The minimum atomic E-state index is -0.180. The molecule has 0 radical (unpaired) electrons. The van der Waals surface area contributed by atoms with Crippen LogP contribution in [0, 0.1) is 0 Å². The summed E-state index contributed by atoms with van der Waals surface area (Å²) >= 11 is 0. The predicted molar refractivity (Wildman–Crippen MR) is 70.8 cm³/mol. The number of benzene rings is 1. The van der Waals surface area contributed by atoms with Gasteiger partial charge in [0.25, 0.3) is 5.91 Å². The van der Waals surface area contributed by atoms with E-state index in [9.17, 15) is 4.79 Å². The van der Waals surface area contributed by atoms with Crippen molar-refractivity contribution in [3.05, 3.63) is 29.8 Å². The zero-order valence-corrected chi connectivity index (χ0v) is 10.8. The molecule has 1 atom stereocenters. The Bertz CT molecular complexity index is 365. The summed E-state index contributed by atoms with van der Waals surface area (Å²) in [6.45, 7) is 2.85. The number of aliphatic hydroxyl groups excluding tert-OH is 1. The Hall–Kier alpha value is -1.59. The van der Waals surface area contributed by atoms with Gasteiger partial charge in [-0.25, -0.2) is 0 Å². The highest BCUT2D eigenvalue weighted by molar-refractivity contribution is 5.94. The molecule has 0 fully saturated rings. The van der Waals surface area contributed by atoms with Gasteiger partial charge < -0.3 is 20.5 Å². The van der Waals surface area contributed by atoms with Crippen molar-refractivity contribution in [1.82, 2.24) is 5.32 Å². The van der Waals surface area contributed by atoms with E-state index < -0.39 is 0 Å². The highest BCUT2D eigenvalue weighted by Crippen LogP contribution is 2.10. The van der Waals surface area contributed by atoms with Crippen LogP contribution in [-0.2, 0) is 4.74 Å². The molecule has 0 heterocycles. The van der Waals surface area contributed by atoms with Gasteiger partial charge in [-0.2, -0.15) is 0 Å². The minimum Gasteiger partial charge on any atom is -0.395 e. The second-order valence-corrected chi connectivity index (χ2v) is 4.06. The molecule has 0 aromatic heterocycles. The standard InChI is InChI=1S/C13H20N2O3/c1-10(9-18-2)15-12-5-3-11(4-6-12)13(17)14-7-8-16/h3-6,10,15-16H,7-9H2,1-2H3,(H,14,17). The first-order valence-electron chi connectivity index (χ1n) is 5.92. The third-order valence-corrected chi connectivity index (χ3v) is 2.37. The highest BCUT2D eigenvalue weighted by atomic mass is 16.5. The van der Waals surface area contributed by atoms with Gasteiger partial charge in [-0.1, -0.05) is 0 Å². The Balaban J connectivity index is 2.54. The molecule has 0 spiro atoms. The van der Waals surface area contributed by atoms with Gasteiger partial charge in [0.05, 0.1) is 13.2 Å². The number of amides is 1. The second kappa shape index (κ2) is 7.68. The van der Waals surface area contributed by atoms with E-state index in [0.717, 1.165) is 5.69 Å². The summed E-state index contributed by atoms with van der Waals surface area (Å²) in [5, 5.41) is 14.5. The molecule has 0 aliphatic heterocycles. The summed E-state index contributed by atoms with van der Waals surface area (Å²) in [6.07, 6.45) is 0. The summed E-state index contributed by atoms with van der Waals surface area (Å²) in [6, 6.07) is 7.40. The van der Waals surface area contributed by atoms with E-state index in [1.807, 2.05) is 19.1 Å². The van der Waals surface area contributed by atoms with Crippen molar-refractivity contribution < 1.29 is 14.6 Å². The van der Waals surface area contributed by atoms with E-state index in [-0.39, 0.29) is 25.1 Å². The highest BCUT2D eigenvalue weighted by Gasteiger charge is 2.05. The fraction of sp³-hybridized carbons (Fsp3) is 0.462. The number of carbonyl (C=O) groups is 1. The number of anilines is 1. The topological polar surface area (TPSA) is 70.6 Å². The van der Waals surface area contributed by atoms with Crippen molar-refractivity contribution in [1.29, 1.82) is 0 Å². The molecule has 1 aromatic carbocycles. The molecule has 1 amide bonds. The lowest BCUT2D eigenvalue weighted by atomic mass is 10.2. The summed E-state index contributed by atoms with van der Waals surface area (Å²) in [5.74, 6) is -0.180. The Kier molecular flexibility index (Phi) is 6.18. The molecule has 0 saturated carbocycles. The molecule has 18 heavy (non-hydrogen) atoms. The van der Waals surface area contributed by atoms with E-state index >= 15 is 0 Å². The molecular weight excluding hydrogens is 232 g/mol. The van der Waals surface area contributed by atoms with E-state index in [2.05, 4.69) is 10.6 Å². The van der Waals surface area contributed by atoms with Crippen LogP contribution >= 0.6 is 0 Å². The van der Waals surface area contributed by atoms with Crippen LogP contribution in [0.4, 0.5) is 5.69 Å². The average Bonchev–Trinajstić information content (AvgIpc) is 2.37. The number of ether oxygens (including phenoxy) is 1. The number of methoxy groups -OCH3 is 1. The molecule has 3 N–H and O–H groups in total. The largest absolute Gasteiger partial charge is 0.395 e. The van der Waals surface area contributed by atoms with Crippen LogP contribution in [0.25, 0.3) is 0 Å². The van der Waals surface area contributed by atoms with Crippen LogP contribution in [-0.4, -0.2) is 43.9 Å². The van der Waals surface area contributed by atoms with Crippen molar-refractivity contribution in [3.8, 4) is 0 Å². The van der Waals surface area contributed by atoms with Gasteiger partial charge >= 0.3 is 0 Å². The molecule has 0 aliphatic rings. The third-order valence-electron chi connectivity index (χ3n) is 2.37. The van der Waals surface area contributed by atoms with Crippen LogP contribution in [0.2, 0.25) is 0 Å². The molecule has 0 bridgehead atoms. The van der Waals surface area contributed by atoms with Gasteiger partial charge in [0.15, 0.2) is 0 Å². The number of hydrogen-bond donors (Lipinski definition) is 3. The fourth-order valence-electron chi connectivity index (χ4n) is 1.57. The first-order valence-corrected chi connectivity index (χ1v) is 5.92. The summed E-state index contributed by atoms with van der Waals surface area (Å²) in [4.78, 5) is 11.6. The lowest BCUT2D eigenvalue weighted by Gasteiger charge is -2.14. The lowest BCUT2D eigenvalue weighted by Crippen LogP contribution is -2.26. The van der Waals surface area contributed by atoms with Gasteiger partial charge in [0, 0.05) is 30.9 Å². The lowest BCUT2D eigenvalue weighted by molar-refractivity contribution is 0.0945. The Morgan fingerprint density at radius 3 is 2.61 bits per heavy atom. The van der Waals surface area contributed by atoms with Gasteiger partial charge in [-0.15, -0.1) is 0 Å². The third kappa shape index (κ3) is 4.73. The number of hydrogen-bond acceptors (Lipinski definition) is 4. The minimum absolute atomic E-state index is 0.0556. The van der Waals surface area contributed by atoms with Gasteiger partial charge in [-0.3, -0.25) is 4.79 Å². The number of nitrogens with one attached hydrogen (secondary N) is 2. The van der Waals surface area contributed by atoms with Crippen LogP contribution in [0.15, 0.2) is 24.3 Å². The first-order chi connectivity index (χ1) is 8.67. The molecule has 1 rings (SSSR count). The van der Waals surface area contributed by atoms with Crippen LogP contribution < -0.4 is 10.6 Å². The molecule has 1 unspecified atom stereocenters.